The van der Waals surface area contributed by atoms with Crippen molar-refractivity contribution < 1.29 is 31.9 Å². The van der Waals surface area contributed by atoms with Gasteiger partial charge in [-0.15, -0.1) is 0 Å². The van der Waals surface area contributed by atoms with Gasteiger partial charge in [0.15, 0.2) is 10.9 Å². The van der Waals surface area contributed by atoms with Gasteiger partial charge < -0.3 is 9.67 Å². The Morgan fingerprint density at radius 3 is 2.44 bits per heavy atom. The molecule has 5 rings (SSSR count). The van der Waals surface area contributed by atoms with Gasteiger partial charge in [0.05, 0.1) is 0 Å². The first-order chi connectivity index (χ1) is 19.2. The van der Waals surface area contributed by atoms with Crippen LogP contribution in [0.25, 0.3) is 0 Å². The maximum Gasteiger partial charge on any atom is 0.456 e. The van der Waals surface area contributed by atoms with Gasteiger partial charge in [0.1, 0.15) is 5.60 Å². The molecule has 0 aromatic carbocycles. The van der Waals surface area contributed by atoms with E-state index in [0.717, 1.165) is 48.6 Å². The van der Waals surface area contributed by atoms with Crippen molar-refractivity contribution in [1.82, 2.24) is 9.55 Å². The smallest absolute Gasteiger partial charge is 0.383 e. The molecule has 41 heavy (non-hydrogen) atoms. The predicted octanol–water partition coefficient (Wildman–Crippen LogP) is 8.15. The number of carbonyl (C=O) groups excluding carboxylic acids is 1. The normalized spacial score (nSPS) is 37.4. The van der Waals surface area contributed by atoms with Crippen LogP contribution in [0.3, 0.4) is 0 Å². The molecule has 0 bridgehead atoms. The SMILES string of the molecule is Cn1ccnc1SCCCCCC[C@@H]1CC2=CC(=O)CC[C@]2(C)[C@H]2CC[C@@]3(C)[C@@H](CC[C@@]3(O)C(F)(F)C(F)(F)F)[C@H]12. The number of fused-ring (bicyclic) bond motifs is 5. The van der Waals surface area contributed by atoms with Crippen molar-refractivity contribution in [3.8, 4) is 0 Å². The number of ketones is 1. The Morgan fingerprint density at radius 2 is 1.76 bits per heavy atom. The van der Waals surface area contributed by atoms with E-state index in [-0.39, 0.29) is 41.8 Å². The first kappa shape index (κ1) is 31.0. The van der Waals surface area contributed by atoms with E-state index in [1.54, 1.807) is 24.0 Å². The first-order valence-electron chi connectivity index (χ1n) is 15.2. The van der Waals surface area contributed by atoms with Crippen molar-refractivity contribution in [1.29, 1.82) is 0 Å². The van der Waals surface area contributed by atoms with Gasteiger partial charge in [0.25, 0.3) is 0 Å². The van der Waals surface area contributed by atoms with E-state index in [9.17, 15) is 31.9 Å². The number of aliphatic hydroxyl groups is 1. The molecule has 10 heteroatoms. The number of hydrogen-bond donors (Lipinski definition) is 1. The summed E-state index contributed by atoms with van der Waals surface area (Å²) in [5.74, 6) is -4.29. The minimum Gasteiger partial charge on any atom is -0.383 e. The Morgan fingerprint density at radius 1 is 1.05 bits per heavy atom. The van der Waals surface area contributed by atoms with Crippen molar-refractivity contribution in [2.75, 3.05) is 5.75 Å². The molecular weight excluding hydrogens is 559 g/mol. The van der Waals surface area contributed by atoms with Crippen LogP contribution in [0.4, 0.5) is 22.0 Å². The lowest BCUT2D eigenvalue weighted by Crippen LogP contribution is -2.66. The van der Waals surface area contributed by atoms with Crippen molar-refractivity contribution in [3.05, 3.63) is 24.0 Å². The second-order valence-electron chi connectivity index (χ2n) is 13.6. The number of hydrogen-bond acceptors (Lipinski definition) is 4. The summed E-state index contributed by atoms with van der Waals surface area (Å²) >= 11 is 1.73. The standard InChI is InChI=1S/C31H43F5N2O2S/c1-27-12-9-22(39)19-21(27)18-20(8-6-4-5-7-17-41-26-37-15-16-38(26)3)25-23(27)10-13-28(2)24(25)11-14-29(28,40)30(32,33)31(34,35)36/h15-16,19-20,23-25,40H,4-14,17-18H2,1-3H3/t20-,23+,24+,25-,27+,28+,29+/m1/s1. The van der Waals surface area contributed by atoms with Crippen LogP contribution in [0.5, 0.6) is 0 Å². The molecule has 0 amide bonds. The lowest BCUT2D eigenvalue weighted by molar-refractivity contribution is -0.364. The van der Waals surface area contributed by atoms with E-state index < -0.39 is 35.5 Å². The van der Waals surface area contributed by atoms with Gasteiger partial charge >= 0.3 is 12.1 Å². The molecule has 230 valence electrons. The molecule has 4 aliphatic rings. The number of rotatable bonds is 9. The number of aromatic nitrogens is 2. The largest absolute Gasteiger partial charge is 0.456 e. The molecule has 1 heterocycles. The molecule has 0 unspecified atom stereocenters. The third-order valence-corrected chi connectivity index (χ3v) is 12.8. The van der Waals surface area contributed by atoms with Crippen molar-refractivity contribution in [2.45, 2.75) is 114 Å². The Bertz CT molecular complexity index is 1170. The lowest BCUT2D eigenvalue weighted by Gasteiger charge is -2.62. The van der Waals surface area contributed by atoms with E-state index in [4.69, 9.17) is 0 Å². The maximum atomic E-state index is 15.0. The van der Waals surface area contributed by atoms with E-state index in [1.807, 2.05) is 17.8 Å². The highest BCUT2D eigenvalue weighted by molar-refractivity contribution is 7.99. The Kier molecular flexibility index (Phi) is 8.27. The zero-order valence-electron chi connectivity index (χ0n) is 24.3. The molecular formula is C31H43F5N2O2S. The second kappa shape index (κ2) is 10.9. The van der Waals surface area contributed by atoms with Crippen LogP contribution in [0.1, 0.15) is 90.9 Å². The first-order valence-corrected chi connectivity index (χ1v) is 16.2. The molecule has 0 aliphatic heterocycles. The second-order valence-corrected chi connectivity index (χ2v) is 14.7. The average molecular weight is 603 g/mol. The molecule has 1 aromatic rings. The predicted molar refractivity (Wildman–Crippen MR) is 149 cm³/mol. The summed E-state index contributed by atoms with van der Waals surface area (Å²) in [5, 5.41) is 12.3. The van der Waals surface area contributed by atoms with Crippen LogP contribution >= 0.6 is 11.8 Å². The summed E-state index contributed by atoms with van der Waals surface area (Å²) in [4.78, 5) is 16.7. The van der Waals surface area contributed by atoms with Crippen LogP contribution in [0.15, 0.2) is 29.2 Å². The van der Waals surface area contributed by atoms with Gasteiger partial charge in [-0.2, -0.15) is 22.0 Å². The van der Waals surface area contributed by atoms with Gasteiger partial charge in [-0.1, -0.05) is 50.4 Å². The monoisotopic (exact) mass is 602 g/mol. The third kappa shape index (κ3) is 5.00. The Labute approximate surface area is 243 Å². The molecule has 1 N–H and O–H groups in total. The quantitative estimate of drug-likeness (QED) is 0.176. The average Bonchev–Trinajstić information content (AvgIpc) is 3.43. The van der Waals surface area contributed by atoms with Gasteiger partial charge in [0.2, 0.25) is 0 Å². The molecule has 0 spiro atoms. The summed E-state index contributed by atoms with van der Waals surface area (Å²) in [6.45, 7) is 3.67. The molecule has 4 nitrogen and oxygen atoms in total. The topological polar surface area (TPSA) is 55.1 Å². The number of thioether (sulfide) groups is 1. The third-order valence-electron chi connectivity index (χ3n) is 11.6. The lowest BCUT2D eigenvalue weighted by atomic mass is 9.43. The molecule has 4 aliphatic carbocycles. The Balaban J connectivity index is 1.32. The minimum atomic E-state index is -5.80. The summed E-state index contributed by atoms with van der Waals surface area (Å²) in [6.07, 6.45) is 6.74. The van der Waals surface area contributed by atoms with E-state index in [1.165, 1.54) is 6.92 Å². The Hall–Kier alpha value is -1.42. The van der Waals surface area contributed by atoms with Crippen LogP contribution in [-0.4, -0.2) is 43.9 Å². The molecule has 3 fully saturated rings. The van der Waals surface area contributed by atoms with Crippen molar-refractivity contribution in [2.24, 2.45) is 41.5 Å². The van der Waals surface area contributed by atoms with E-state index in [0.29, 0.717) is 25.7 Å². The van der Waals surface area contributed by atoms with Crippen LogP contribution < -0.4 is 0 Å². The van der Waals surface area contributed by atoms with Gasteiger partial charge in [-0.3, -0.25) is 4.79 Å². The van der Waals surface area contributed by atoms with E-state index in [2.05, 4.69) is 11.9 Å². The number of nitrogens with zero attached hydrogens (tertiary/aromatic N) is 2. The summed E-state index contributed by atoms with van der Waals surface area (Å²) < 4.78 is 72.8. The number of alkyl halides is 5. The highest BCUT2D eigenvalue weighted by Crippen LogP contribution is 2.72. The van der Waals surface area contributed by atoms with Crippen LogP contribution in [0.2, 0.25) is 0 Å². The highest BCUT2D eigenvalue weighted by atomic mass is 32.2. The van der Waals surface area contributed by atoms with Crippen molar-refractivity contribution in [3.63, 3.8) is 0 Å². The molecule has 0 radical (unpaired) electrons. The maximum absolute atomic E-state index is 15.0. The zero-order chi connectivity index (χ0) is 29.8. The van der Waals surface area contributed by atoms with E-state index >= 15 is 0 Å². The number of imidazole rings is 1. The number of halogens is 5. The molecule has 3 saturated carbocycles. The summed E-state index contributed by atoms with van der Waals surface area (Å²) in [6, 6.07) is 0. The minimum absolute atomic E-state index is 0.0406. The number of carbonyl (C=O) groups is 1. The number of aryl methyl sites for hydroxylation is 1. The van der Waals surface area contributed by atoms with Gasteiger partial charge in [-0.25, -0.2) is 4.98 Å². The number of allylic oxidation sites excluding steroid dienone is 1. The van der Waals surface area contributed by atoms with Crippen LogP contribution in [-0.2, 0) is 11.8 Å². The summed E-state index contributed by atoms with van der Waals surface area (Å²) in [7, 11) is 1.97. The molecule has 7 atom stereocenters. The summed E-state index contributed by atoms with van der Waals surface area (Å²) in [5.41, 5.74) is -3.73. The van der Waals surface area contributed by atoms with Crippen LogP contribution in [0, 0.1) is 34.5 Å². The fourth-order valence-electron chi connectivity index (χ4n) is 9.28. The molecule has 0 saturated heterocycles. The zero-order valence-corrected chi connectivity index (χ0v) is 25.1. The van der Waals surface area contributed by atoms with Gasteiger partial charge in [0, 0.05) is 37.0 Å². The fraction of sp³-hybridized carbons (Fsp3) is 0.806. The van der Waals surface area contributed by atoms with Crippen molar-refractivity contribution >= 4 is 17.5 Å². The molecule has 1 aromatic heterocycles. The fourth-order valence-corrected chi connectivity index (χ4v) is 10.2. The highest BCUT2D eigenvalue weighted by Gasteiger charge is 2.79. The number of unbranched alkanes of at least 4 members (excludes halogenated alkanes) is 3. The van der Waals surface area contributed by atoms with Gasteiger partial charge in [-0.05, 0) is 86.5 Å².